The second kappa shape index (κ2) is 13.2. The molecule has 7 heteroatoms. The smallest absolute Gasteiger partial charge is 0.191 e. The van der Waals surface area contributed by atoms with Crippen LogP contribution in [0.4, 0.5) is 0 Å². The topological polar surface area (TPSA) is 52.1 Å². The van der Waals surface area contributed by atoms with Crippen molar-refractivity contribution in [1.82, 2.24) is 20.4 Å². The summed E-state index contributed by atoms with van der Waals surface area (Å²) in [7, 11) is 1.78. The number of hydrogen-bond acceptors (Lipinski definition) is 4. The number of likely N-dealkylation sites (tertiary alicyclic amines) is 1. The van der Waals surface area contributed by atoms with E-state index in [1.54, 1.807) is 7.11 Å². The number of rotatable bonds is 11. The van der Waals surface area contributed by atoms with Gasteiger partial charge in [0.1, 0.15) is 0 Å². The van der Waals surface area contributed by atoms with Crippen molar-refractivity contribution in [3.63, 3.8) is 0 Å². The number of methoxy groups -OCH3 is 1. The second-order valence-electron chi connectivity index (χ2n) is 8.24. The number of piperidine rings is 1. The van der Waals surface area contributed by atoms with Crippen molar-refractivity contribution >= 4 is 29.9 Å². The van der Waals surface area contributed by atoms with Gasteiger partial charge in [0, 0.05) is 44.9 Å². The number of aliphatic imine (C=N–C) groups is 1. The third-order valence-electron chi connectivity index (χ3n) is 5.52. The van der Waals surface area contributed by atoms with Crippen LogP contribution in [-0.4, -0.2) is 86.9 Å². The number of nitrogens with one attached hydrogen (secondary N) is 2. The lowest BCUT2D eigenvalue weighted by molar-refractivity contribution is 0.102. The maximum absolute atomic E-state index is 5.25. The van der Waals surface area contributed by atoms with Crippen molar-refractivity contribution in [3.8, 4) is 0 Å². The lowest BCUT2D eigenvalue weighted by atomic mass is 9.99. The van der Waals surface area contributed by atoms with Crippen LogP contribution in [0.3, 0.4) is 0 Å². The number of guanidine groups is 1. The molecule has 0 atom stereocenters. The van der Waals surface area contributed by atoms with Crippen LogP contribution in [0.15, 0.2) is 4.99 Å². The zero-order chi connectivity index (χ0) is 18.8. The lowest BCUT2D eigenvalue weighted by Crippen LogP contribution is -2.50. The van der Waals surface area contributed by atoms with E-state index in [-0.39, 0.29) is 29.5 Å². The molecule has 1 saturated heterocycles. The van der Waals surface area contributed by atoms with E-state index in [0.29, 0.717) is 0 Å². The normalized spacial score (nSPS) is 19.1. The van der Waals surface area contributed by atoms with Crippen molar-refractivity contribution in [1.29, 1.82) is 0 Å². The molecule has 0 bridgehead atoms. The minimum absolute atomic E-state index is 0. The highest BCUT2D eigenvalue weighted by atomic mass is 127. The molecule has 1 heterocycles. The summed E-state index contributed by atoms with van der Waals surface area (Å²) in [5, 5.41) is 6.92. The summed E-state index contributed by atoms with van der Waals surface area (Å²) in [5.74, 6) is 0.945. The van der Waals surface area contributed by atoms with Crippen molar-refractivity contribution in [3.05, 3.63) is 0 Å². The van der Waals surface area contributed by atoms with E-state index in [9.17, 15) is 0 Å². The Morgan fingerprint density at radius 2 is 1.85 bits per heavy atom. The molecular weight excluding hydrogens is 453 g/mol. The molecule has 160 valence electrons. The van der Waals surface area contributed by atoms with Crippen molar-refractivity contribution in [2.75, 3.05) is 59.5 Å². The summed E-state index contributed by atoms with van der Waals surface area (Å²) in [6.45, 7) is 14.7. The molecule has 0 radical (unpaired) electrons. The van der Waals surface area contributed by atoms with E-state index in [4.69, 9.17) is 9.73 Å². The summed E-state index contributed by atoms with van der Waals surface area (Å²) >= 11 is 0. The summed E-state index contributed by atoms with van der Waals surface area (Å²) in [6, 6.07) is 0.768. The van der Waals surface area contributed by atoms with Gasteiger partial charge < -0.3 is 15.4 Å². The van der Waals surface area contributed by atoms with Crippen LogP contribution < -0.4 is 10.6 Å². The fourth-order valence-corrected chi connectivity index (χ4v) is 3.66. The molecule has 2 aliphatic rings. The van der Waals surface area contributed by atoms with Gasteiger partial charge in [0.15, 0.2) is 5.96 Å². The van der Waals surface area contributed by atoms with E-state index in [2.05, 4.69) is 41.2 Å². The lowest BCUT2D eigenvalue weighted by Gasteiger charge is -2.40. The van der Waals surface area contributed by atoms with Gasteiger partial charge in [0.25, 0.3) is 0 Å². The van der Waals surface area contributed by atoms with Gasteiger partial charge >= 0.3 is 0 Å². The molecule has 1 saturated carbocycles. The Morgan fingerprint density at radius 3 is 2.44 bits per heavy atom. The van der Waals surface area contributed by atoms with E-state index in [0.717, 1.165) is 51.3 Å². The van der Waals surface area contributed by atoms with Gasteiger partial charge in [-0.15, -0.1) is 24.0 Å². The number of ether oxygens (including phenoxy) is 1. The molecule has 0 unspecified atom stereocenters. The second-order valence-corrected chi connectivity index (χ2v) is 8.24. The molecule has 1 aliphatic heterocycles. The third kappa shape index (κ3) is 9.28. The molecule has 0 spiro atoms. The van der Waals surface area contributed by atoms with E-state index < -0.39 is 0 Å². The predicted octanol–water partition coefficient (Wildman–Crippen LogP) is 2.53. The predicted molar refractivity (Wildman–Crippen MR) is 125 cm³/mol. The molecule has 0 amide bonds. The molecular formula is C20H42IN5O. The first-order valence-electron chi connectivity index (χ1n) is 10.6. The Hall–Kier alpha value is -0.120. The van der Waals surface area contributed by atoms with Crippen LogP contribution in [0.1, 0.15) is 52.9 Å². The highest BCUT2D eigenvalue weighted by Crippen LogP contribution is 2.26. The van der Waals surface area contributed by atoms with Crippen molar-refractivity contribution in [2.24, 2.45) is 4.99 Å². The van der Waals surface area contributed by atoms with Gasteiger partial charge in [0.2, 0.25) is 0 Å². The first-order chi connectivity index (χ1) is 12.6. The fourth-order valence-electron chi connectivity index (χ4n) is 3.66. The van der Waals surface area contributed by atoms with Gasteiger partial charge in [-0.3, -0.25) is 14.8 Å². The highest BCUT2D eigenvalue weighted by molar-refractivity contribution is 14.0. The molecule has 1 aliphatic carbocycles. The maximum atomic E-state index is 5.25. The highest BCUT2D eigenvalue weighted by Gasteiger charge is 2.29. The summed E-state index contributed by atoms with van der Waals surface area (Å²) in [6.07, 6.45) is 6.69. The largest absolute Gasteiger partial charge is 0.383 e. The third-order valence-corrected chi connectivity index (χ3v) is 5.52. The summed E-state index contributed by atoms with van der Waals surface area (Å²) < 4.78 is 5.25. The molecule has 27 heavy (non-hydrogen) atoms. The van der Waals surface area contributed by atoms with Crippen LogP contribution in [0.25, 0.3) is 0 Å². The van der Waals surface area contributed by atoms with Crippen molar-refractivity contribution in [2.45, 2.75) is 64.5 Å². The Kier molecular flexibility index (Phi) is 12.2. The van der Waals surface area contributed by atoms with E-state index in [1.165, 1.54) is 45.2 Å². The zero-order valence-electron chi connectivity index (χ0n) is 17.9. The molecule has 0 aromatic carbocycles. The Morgan fingerprint density at radius 1 is 1.15 bits per heavy atom. The quantitative estimate of drug-likeness (QED) is 0.262. The standard InChI is InChI=1S/C20H41N5O.HI/c1-5-21-19(22-11-14-24(15-16-26-4)18-9-10-18)23-17-20(2,3)25-12-7-6-8-13-25;/h18H,5-17H2,1-4H3,(H2,21,22,23);1H. The molecule has 0 aromatic rings. The fraction of sp³-hybridized carbons (Fsp3) is 0.950. The molecule has 2 rings (SSSR count). The first-order valence-corrected chi connectivity index (χ1v) is 10.6. The van der Waals surface area contributed by atoms with Crippen molar-refractivity contribution < 1.29 is 4.74 Å². The molecule has 0 aromatic heterocycles. The Balaban J connectivity index is 0.00000364. The SMILES string of the molecule is CCNC(=NCC(C)(C)N1CCCCC1)NCCN(CCOC)C1CC1.I. The molecule has 2 N–H and O–H groups in total. The van der Waals surface area contributed by atoms with Gasteiger partial charge in [-0.2, -0.15) is 0 Å². The van der Waals surface area contributed by atoms with Gasteiger partial charge in [0.05, 0.1) is 13.2 Å². The Labute approximate surface area is 183 Å². The van der Waals surface area contributed by atoms with Gasteiger partial charge in [-0.1, -0.05) is 6.42 Å². The van der Waals surface area contributed by atoms with Crippen LogP contribution in [-0.2, 0) is 4.74 Å². The average Bonchev–Trinajstić information content (AvgIpc) is 3.48. The first kappa shape index (κ1) is 24.9. The van der Waals surface area contributed by atoms with Crippen LogP contribution in [0, 0.1) is 0 Å². The van der Waals surface area contributed by atoms with E-state index >= 15 is 0 Å². The van der Waals surface area contributed by atoms with Crippen LogP contribution in [0.5, 0.6) is 0 Å². The van der Waals surface area contributed by atoms with Crippen LogP contribution >= 0.6 is 24.0 Å². The average molecular weight is 495 g/mol. The van der Waals surface area contributed by atoms with Crippen LogP contribution in [0.2, 0.25) is 0 Å². The Bertz CT molecular complexity index is 423. The monoisotopic (exact) mass is 495 g/mol. The molecule has 6 nitrogen and oxygen atoms in total. The number of hydrogen-bond donors (Lipinski definition) is 2. The zero-order valence-corrected chi connectivity index (χ0v) is 20.3. The van der Waals surface area contributed by atoms with E-state index in [1.807, 2.05) is 0 Å². The van der Waals surface area contributed by atoms with Gasteiger partial charge in [-0.05, 0) is 59.5 Å². The van der Waals surface area contributed by atoms with Gasteiger partial charge in [-0.25, -0.2) is 0 Å². The summed E-state index contributed by atoms with van der Waals surface area (Å²) in [5.41, 5.74) is 0.126. The minimum atomic E-state index is 0. The molecule has 2 fully saturated rings. The number of nitrogens with zero attached hydrogens (tertiary/aromatic N) is 3. The number of halogens is 1. The minimum Gasteiger partial charge on any atom is -0.383 e. The summed E-state index contributed by atoms with van der Waals surface area (Å²) in [4.78, 5) is 10.0. The maximum Gasteiger partial charge on any atom is 0.191 e.